The number of rotatable bonds is 6. The topological polar surface area (TPSA) is 63.7 Å². The van der Waals surface area contributed by atoms with Crippen LogP contribution in [0.2, 0.25) is 0 Å². The minimum absolute atomic E-state index is 0.0137. The predicted octanol–water partition coefficient (Wildman–Crippen LogP) is 0.707. The number of carbonyl (C=O) groups is 1. The molecule has 5 nitrogen and oxygen atoms in total. The minimum Gasteiger partial charge on any atom is -0.469 e. The molecule has 0 bridgehead atoms. The van der Waals surface area contributed by atoms with Crippen molar-refractivity contribution in [2.24, 2.45) is 0 Å². The van der Waals surface area contributed by atoms with Crippen LogP contribution in [0.4, 0.5) is 0 Å². The summed E-state index contributed by atoms with van der Waals surface area (Å²) in [6.07, 6.45) is 1.39. The molecule has 0 aromatic rings. The minimum atomic E-state index is -3.24. The van der Waals surface area contributed by atoms with Crippen molar-refractivity contribution in [3.63, 3.8) is 0 Å². The predicted molar refractivity (Wildman–Crippen MR) is 68.5 cm³/mol. The summed E-state index contributed by atoms with van der Waals surface area (Å²) in [5.41, 5.74) is 0. The van der Waals surface area contributed by atoms with Gasteiger partial charge in [-0.1, -0.05) is 0 Å². The molecule has 1 aliphatic rings. The fourth-order valence-corrected chi connectivity index (χ4v) is 4.47. The molecule has 7 heteroatoms. The molecule has 1 atom stereocenters. The van der Waals surface area contributed by atoms with Gasteiger partial charge in [-0.25, -0.2) is 12.7 Å². The smallest absolute Gasteiger partial charge is 0.305 e. The Kier molecular flexibility index (Phi) is 5.75. The van der Waals surface area contributed by atoms with Crippen molar-refractivity contribution in [1.29, 1.82) is 0 Å². The van der Waals surface area contributed by atoms with Crippen molar-refractivity contribution in [2.75, 3.05) is 31.4 Å². The number of hydrogen-bond donors (Lipinski definition) is 0. The molecule has 0 radical (unpaired) electrons. The molecule has 0 N–H and O–H groups in total. The molecule has 1 aliphatic heterocycles. The SMILES string of the molecule is COC(=O)CCCS(=O)(=O)N(C)C1CCSC1. The van der Waals surface area contributed by atoms with Crippen LogP contribution in [-0.4, -0.2) is 56.2 Å². The van der Waals surface area contributed by atoms with E-state index in [4.69, 9.17) is 0 Å². The number of ether oxygens (including phenoxy) is 1. The molecule has 0 aliphatic carbocycles. The Hall–Kier alpha value is -0.270. The van der Waals surface area contributed by atoms with Gasteiger partial charge in [-0.05, 0) is 18.6 Å². The van der Waals surface area contributed by atoms with Crippen LogP contribution in [0.1, 0.15) is 19.3 Å². The van der Waals surface area contributed by atoms with Crippen LogP contribution in [0.15, 0.2) is 0 Å². The van der Waals surface area contributed by atoms with Crippen molar-refractivity contribution < 1.29 is 17.9 Å². The van der Waals surface area contributed by atoms with E-state index in [0.29, 0.717) is 6.42 Å². The Labute approximate surface area is 107 Å². The molecule has 100 valence electrons. The quantitative estimate of drug-likeness (QED) is 0.671. The highest BCUT2D eigenvalue weighted by molar-refractivity contribution is 7.99. The Bertz CT molecular complexity index is 349. The lowest BCUT2D eigenvalue weighted by Crippen LogP contribution is -2.38. The largest absolute Gasteiger partial charge is 0.469 e. The summed E-state index contributed by atoms with van der Waals surface area (Å²) < 4.78 is 29.8. The maximum absolute atomic E-state index is 12.0. The van der Waals surface area contributed by atoms with Crippen molar-refractivity contribution in [3.8, 4) is 0 Å². The third-order valence-electron chi connectivity index (χ3n) is 2.87. The van der Waals surface area contributed by atoms with Crippen LogP contribution in [0, 0.1) is 0 Å². The first-order valence-corrected chi connectivity index (χ1v) is 8.34. The number of sulfonamides is 1. The molecule has 0 aromatic carbocycles. The normalized spacial score (nSPS) is 20.8. The van der Waals surface area contributed by atoms with Crippen LogP contribution in [-0.2, 0) is 19.6 Å². The lowest BCUT2D eigenvalue weighted by molar-refractivity contribution is -0.140. The van der Waals surface area contributed by atoms with E-state index >= 15 is 0 Å². The van der Waals surface area contributed by atoms with Gasteiger partial charge in [0.25, 0.3) is 0 Å². The zero-order chi connectivity index (χ0) is 12.9. The second kappa shape index (κ2) is 6.61. The highest BCUT2D eigenvalue weighted by Crippen LogP contribution is 2.23. The van der Waals surface area contributed by atoms with Crippen molar-refractivity contribution in [3.05, 3.63) is 0 Å². The first kappa shape index (κ1) is 14.8. The maximum atomic E-state index is 12.0. The van der Waals surface area contributed by atoms with Gasteiger partial charge in [0, 0.05) is 25.3 Å². The van der Waals surface area contributed by atoms with Crippen molar-refractivity contribution in [1.82, 2.24) is 4.31 Å². The molecule has 0 spiro atoms. The molecule has 0 aromatic heterocycles. The van der Waals surface area contributed by atoms with Gasteiger partial charge < -0.3 is 4.74 Å². The molecule has 0 saturated carbocycles. The van der Waals surface area contributed by atoms with Crippen molar-refractivity contribution in [2.45, 2.75) is 25.3 Å². The number of nitrogens with zero attached hydrogens (tertiary/aromatic N) is 1. The number of esters is 1. The molecule has 1 unspecified atom stereocenters. The van der Waals surface area contributed by atoms with Gasteiger partial charge >= 0.3 is 5.97 Å². The summed E-state index contributed by atoms with van der Waals surface area (Å²) in [5.74, 6) is 1.54. The standard InChI is InChI=1S/C10H19NO4S2/c1-11(9-5-6-16-8-9)17(13,14)7-3-4-10(12)15-2/h9H,3-8H2,1-2H3. The van der Waals surface area contributed by atoms with E-state index in [1.807, 2.05) is 0 Å². The van der Waals surface area contributed by atoms with Gasteiger partial charge in [-0.15, -0.1) is 0 Å². The van der Waals surface area contributed by atoms with E-state index in [-0.39, 0.29) is 24.2 Å². The first-order valence-electron chi connectivity index (χ1n) is 5.57. The summed E-state index contributed by atoms with van der Waals surface area (Å²) in [6, 6.07) is 0.114. The Morgan fingerprint density at radius 1 is 1.53 bits per heavy atom. The van der Waals surface area contributed by atoms with Gasteiger partial charge in [0.05, 0.1) is 12.9 Å². The molecular formula is C10H19NO4S2. The Balaban J connectivity index is 2.41. The first-order chi connectivity index (χ1) is 7.97. The second-order valence-electron chi connectivity index (χ2n) is 4.03. The highest BCUT2D eigenvalue weighted by Gasteiger charge is 2.28. The Morgan fingerprint density at radius 2 is 2.24 bits per heavy atom. The molecule has 1 rings (SSSR count). The molecule has 1 heterocycles. The molecule has 1 saturated heterocycles. The summed E-state index contributed by atoms with van der Waals surface area (Å²) in [4.78, 5) is 10.9. The number of methoxy groups -OCH3 is 1. The van der Waals surface area contributed by atoms with Gasteiger partial charge in [-0.2, -0.15) is 11.8 Å². The van der Waals surface area contributed by atoms with E-state index in [0.717, 1.165) is 17.9 Å². The van der Waals surface area contributed by atoms with Gasteiger partial charge in [0.15, 0.2) is 0 Å². The lowest BCUT2D eigenvalue weighted by atomic mass is 10.3. The fraction of sp³-hybridized carbons (Fsp3) is 0.900. The summed E-state index contributed by atoms with van der Waals surface area (Å²) in [5, 5.41) is 0. The third kappa shape index (κ3) is 4.48. The van der Waals surface area contributed by atoms with Crippen LogP contribution in [0.5, 0.6) is 0 Å². The van der Waals surface area contributed by atoms with E-state index in [9.17, 15) is 13.2 Å². The average molecular weight is 281 g/mol. The summed E-state index contributed by atoms with van der Waals surface area (Å²) >= 11 is 1.78. The van der Waals surface area contributed by atoms with E-state index in [2.05, 4.69) is 4.74 Å². The van der Waals surface area contributed by atoms with Crippen molar-refractivity contribution >= 4 is 27.8 Å². The molecule has 17 heavy (non-hydrogen) atoms. The monoisotopic (exact) mass is 281 g/mol. The number of carbonyl (C=O) groups excluding carboxylic acids is 1. The van der Waals surface area contributed by atoms with Gasteiger partial charge in [0.2, 0.25) is 10.0 Å². The summed E-state index contributed by atoms with van der Waals surface area (Å²) in [7, 11) is -0.302. The van der Waals surface area contributed by atoms with Crippen LogP contribution in [0.25, 0.3) is 0 Å². The zero-order valence-electron chi connectivity index (χ0n) is 10.2. The van der Waals surface area contributed by atoms with Crippen LogP contribution in [0.3, 0.4) is 0 Å². The lowest BCUT2D eigenvalue weighted by Gasteiger charge is -2.22. The fourth-order valence-electron chi connectivity index (χ4n) is 1.68. The van der Waals surface area contributed by atoms with E-state index < -0.39 is 10.0 Å². The van der Waals surface area contributed by atoms with Crippen LogP contribution >= 0.6 is 11.8 Å². The third-order valence-corrected chi connectivity index (χ3v) is 5.99. The van der Waals surface area contributed by atoms with Gasteiger partial charge in [-0.3, -0.25) is 4.79 Å². The maximum Gasteiger partial charge on any atom is 0.305 e. The van der Waals surface area contributed by atoms with E-state index in [1.54, 1.807) is 18.8 Å². The number of thioether (sulfide) groups is 1. The van der Waals surface area contributed by atoms with E-state index in [1.165, 1.54) is 11.4 Å². The Morgan fingerprint density at radius 3 is 2.76 bits per heavy atom. The average Bonchev–Trinajstić information content (AvgIpc) is 2.80. The number of hydrogen-bond acceptors (Lipinski definition) is 5. The van der Waals surface area contributed by atoms with Crippen LogP contribution < -0.4 is 0 Å². The molecule has 1 fully saturated rings. The molecular weight excluding hydrogens is 262 g/mol. The van der Waals surface area contributed by atoms with Gasteiger partial charge in [0.1, 0.15) is 0 Å². The zero-order valence-corrected chi connectivity index (χ0v) is 11.8. The summed E-state index contributed by atoms with van der Waals surface area (Å²) in [6.45, 7) is 0. The highest BCUT2D eigenvalue weighted by atomic mass is 32.2. The second-order valence-corrected chi connectivity index (χ2v) is 7.33. The molecule has 0 amide bonds.